The molecule has 0 spiro atoms. The maximum absolute atomic E-state index is 6.23. The molecule has 0 radical (unpaired) electrons. The first kappa shape index (κ1) is 12.4. The van der Waals surface area contributed by atoms with Gasteiger partial charge in [0.2, 0.25) is 0 Å². The number of nitrogens with zero attached hydrogens (tertiary/aromatic N) is 1. The largest absolute Gasteiger partial charge is 0.497 e. The quantitative estimate of drug-likeness (QED) is 0.868. The topological polar surface area (TPSA) is 38.5 Å². The highest BCUT2D eigenvalue weighted by Crippen LogP contribution is 2.31. The Labute approximate surface area is 104 Å². The van der Waals surface area contributed by atoms with Crippen molar-refractivity contribution < 1.29 is 4.74 Å². The van der Waals surface area contributed by atoms with E-state index in [1.165, 1.54) is 12.0 Å². The molecular weight excluding hydrogens is 212 g/mol. The molecule has 0 saturated carbocycles. The Kier molecular flexibility index (Phi) is 4.02. The van der Waals surface area contributed by atoms with Gasteiger partial charge >= 0.3 is 0 Å². The minimum Gasteiger partial charge on any atom is -0.497 e. The summed E-state index contributed by atoms with van der Waals surface area (Å²) < 4.78 is 5.19. The molecule has 0 aliphatic carbocycles. The second-order valence-electron chi connectivity index (χ2n) is 4.71. The van der Waals surface area contributed by atoms with Crippen molar-refractivity contribution in [2.24, 2.45) is 5.73 Å². The third-order valence-corrected chi connectivity index (χ3v) is 3.52. The van der Waals surface area contributed by atoms with E-state index in [1.54, 1.807) is 7.11 Å². The summed E-state index contributed by atoms with van der Waals surface area (Å²) in [5, 5.41) is 0. The number of nitrogens with two attached hydrogens (primary N) is 1. The van der Waals surface area contributed by atoms with E-state index < -0.39 is 0 Å². The van der Waals surface area contributed by atoms with E-state index in [0.29, 0.717) is 6.04 Å². The molecule has 1 fully saturated rings. The molecule has 1 aliphatic rings. The molecule has 0 amide bonds. The molecule has 0 bridgehead atoms. The molecule has 17 heavy (non-hydrogen) atoms. The van der Waals surface area contributed by atoms with Gasteiger partial charge in [0.15, 0.2) is 0 Å². The highest BCUT2D eigenvalue weighted by molar-refractivity contribution is 5.30. The van der Waals surface area contributed by atoms with Crippen LogP contribution in [0.1, 0.15) is 31.4 Å². The van der Waals surface area contributed by atoms with Gasteiger partial charge in [0.05, 0.1) is 7.11 Å². The van der Waals surface area contributed by atoms with E-state index >= 15 is 0 Å². The van der Waals surface area contributed by atoms with Crippen molar-refractivity contribution >= 4 is 0 Å². The van der Waals surface area contributed by atoms with Gasteiger partial charge < -0.3 is 10.5 Å². The average molecular weight is 234 g/mol. The van der Waals surface area contributed by atoms with Gasteiger partial charge in [-0.3, -0.25) is 4.90 Å². The smallest absolute Gasteiger partial charge is 0.118 e. The highest BCUT2D eigenvalue weighted by Gasteiger charge is 2.31. The number of likely N-dealkylation sites (tertiary alicyclic amines) is 1. The Hall–Kier alpha value is -1.06. The van der Waals surface area contributed by atoms with Crippen LogP contribution < -0.4 is 10.5 Å². The van der Waals surface area contributed by atoms with Crippen molar-refractivity contribution in [1.82, 2.24) is 4.90 Å². The van der Waals surface area contributed by atoms with Gasteiger partial charge in [-0.2, -0.15) is 0 Å². The average Bonchev–Trinajstić information content (AvgIpc) is 2.71. The first-order valence-corrected chi connectivity index (χ1v) is 6.40. The van der Waals surface area contributed by atoms with Crippen molar-refractivity contribution in [3.63, 3.8) is 0 Å². The molecule has 1 aromatic carbocycles. The predicted octanol–water partition coefficient (Wildman–Crippen LogP) is 2.18. The lowest BCUT2D eigenvalue weighted by Crippen LogP contribution is -2.32. The van der Waals surface area contributed by atoms with Gasteiger partial charge in [0.25, 0.3) is 0 Å². The molecule has 0 unspecified atom stereocenters. The maximum Gasteiger partial charge on any atom is 0.118 e. The fourth-order valence-corrected chi connectivity index (χ4v) is 2.68. The van der Waals surface area contributed by atoms with Crippen molar-refractivity contribution in [3.05, 3.63) is 29.8 Å². The fraction of sp³-hybridized carbons (Fsp3) is 0.571. The molecule has 3 heteroatoms. The summed E-state index contributed by atoms with van der Waals surface area (Å²) in [6, 6.07) is 8.94. The SMILES string of the molecule is CCCN1CC[C@@H](N)[C@@H]1c1ccc(OC)cc1. The van der Waals surface area contributed by atoms with Gasteiger partial charge in [-0.15, -0.1) is 0 Å². The summed E-state index contributed by atoms with van der Waals surface area (Å²) in [5.74, 6) is 0.905. The lowest BCUT2D eigenvalue weighted by Gasteiger charge is -2.26. The number of benzene rings is 1. The number of hydrogen-bond acceptors (Lipinski definition) is 3. The molecule has 2 N–H and O–H groups in total. The standard InChI is InChI=1S/C14H22N2O/c1-3-9-16-10-8-13(15)14(16)11-4-6-12(17-2)7-5-11/h4-7,13-14H,3,8-10,15H2,1-2H3/t13-,14+/m1/s1. The molecule has 1 aliphatic heterocycles. The molecule has 1 saturated heterocycles. The van der Waals surface area contributed by atoms with Crippen molar-refractivity contribution in [3.8, 4) is 5.75 Å². The van der Waals surface area contributed by atoms with Crippen LogP contribution in [-0.2, 0) is 0 Å². The number of rotatable bonds is 4. The zero-order chi connectivity index (χ0) is 12.3. The summed E-state index contributed by atoms with van der Waals surface area (Å²) in [7, 11) is 1.69. The first-order chi connectivity index (χ1) is 8.26. The minimum absolute atomic E-state index is 0.259. The predicted molar refractivity (Wildman–Crippen MR) is 70.2 cm³/mol. The Morgan fingerprint density at radius 3 is 2.65 bits per heavy atom. The Morgan fingerprint density at radius 2 is 2.06 bits per heavy atom. The van der Waals surface area contributed by atoms with E-state index in [-0.39, 0.29) is 6.04 Å². The summed E-state index contributed by atoms with van der Waals surface area (Å²) in [4.78, 5) is 2.49. The number of hydrogen-bond donors (Lipinski definition) is 1. The Bertz CT molecular complexity index is 348. The maximum atomic E-state index is 6.23. The third kappa shape index (κ3) is 2.61. The zero-order valence-electron chi connectivity index (χ0n) is 10.7. The van der Waals surface area contributed by atoms with Crippen LogP contribution in [-0.4, -0.2) is 31.1 Å². The van der Waals surface area contributed by atoms with Crippen LogP contribution in [0.25, 0.3) is 0 Å². The van der Waals surface area contributed by atoms with Crippen LogP contribution in [0.15, 0.2) is 24.3 Å². The van der Waals surface area contributed by atoms with Crippen LogP contribution in [0.3, 0.4) is 0 Å². The molecule has 94 valence electrons. The lowest BCUT2D eigenvalue weighted by atomic mass is 10.0. The van der Waals surface area contributed by atoms with Crippen molar-refractivity contribution in [1.29, 1.82) is 0 Å². The summed E-state index contributed by atoms with van der Waals surface area (Å²) in [5.41, 5.74) is 7.54. The molecule has 2 atom stereocenters. The highest BCUT2D eigenvalue weighted by atomic mass is 16.5. The Morgan fingerprint density at radius 1 is 1.35 bits per heavy atom. The molecule has 2 rings (SSSR count). The summed E-state index contributed by atoms with van der Waals surface area (Å²) in [6.45, 7) is 4.46. The fourth-order valence-electron chi connectivity index (χ4n) is 2.68. The molecular formula is C14H22N2O. The molecule has 0 aromatic heterocycles. The lowest BCUT2D eigenvalue weighted by molar-refractivity contribution is 0.248. The number of methoxy groups -OCH3 is 1. The second kappa shape index (κ2) is 5.52. The van der Waals surface area contributed by atoms with Gasteiger partial charge in [0, 0.05) is 18.6 Å². The van der Waals surface area contributed by atoms with Crippen LogP contribution in [0.2, 0.25) is 0 Å². The van der Waals surface area contributed by atoms with Crippen molar-refractivity contribution in [2.75, 3.05) is 20.2 Å². The monoisotopic (exact) mass is 234 g/mol. The van der Waals surface area contributed by atoms with Gasteiger partial charge in [0.1, 0.15) is 5.75 Å². The van der Waals surface area contributed by atoms with E-state index in [4.69, 9.17) is 10.5 Å². The van der Waals surface area contributed by atoms with Gasteiger partial charge in [-0.25, -0.2) is 0 Å². The summed E-state index contributed by atoms with van der Waals surface area (Å²) >= 11 is 0. The van der Waals surface area contributed by atoms with E-state index in [2.05, 4.69) is 24.0 Å². The summed E-state index contributed by atoms with van der Waals surface area (Å²) in [6.07, 6.45) is 2.27. The number of ether oxygens (including phenoxy) is 1. The van der Waals surface area contributed by atoms with E-state index in [9.17, 15) is 0 Å². The van der Waals surface area contributed by atoms with Crippen LogP contribution in [0, 0.1) is 0 Å². The normalized spacial score (nSPS) is 25.1. The van der Waals surface area contributed by atoms with Crippen LogP contribution >= 0.6 is 0 Å². The van der Waals surface area contributed by atoms with Gasteiger partial charge in [-0.05, 0) is 37.1 Å². The molecule has 3 nitrogen and oxygen atoms in total. The Balaban J connectivity index is 2.17. The molecule has 1 heterocycles. The first-order valence-electron chi connectivity index (χ1n) is 6.40. The van der Waals surface area contributed by atoms with Crippen LogP contribution in [0.5, 0.6) is 5.75 Å². The minimum atomic E-state index is 0.259. The van der Waals surface area contributed by atoms with Crippen LogP contribution in [0.4, 0.5) is 0 Å². The van der Waals surface area contributed by atoms with E-state index in [1.807, 2.05) is 12.1 Å². The van der Waals surface area contributed by atoms with Crippen molar-refractivity contribution in [2.45, 2.75) is 31.8 Å². The molecule has 1 aromatic rings. The van der Waals surface area contributed by atoms with Gasteiger partial charge in [-0.1, -0.05) is 19.1 Å². The van der Waals surface area contributed by atoms with E-state index in [0.717, 1.165) is 25.3 Å². The second-order valence-corrected chi connectivity index (χ2v) is 4.71. The third-order valence-electron chi connectivity index (χ3n) is 3.52. The zero-order valence-corrected chi connectivity index (χ0v) is 10.7.